The van der Waals surface area contributed by atoms with E-state index in [0.29, 0.717) is 5.69 Å². The van der Waals surface area contributed by atoms with Crippen molar-refractivity contribution < 1.29 is 19.2 Å². The topological polar surface area (TPSA) is 102 Å². The van der Waals surface area contributed by atoms with Gasteiger partial charge in [0.2, 0.25) is 0 Å². The van der Waals surface area contributed by atoms with Gasteiger partial charge in [-0.1, -0.05) is 19.8 Å². The van der Waals surface area contributed by atoms with Gasteiger partial charge in [-0.3, -0.25) is 14.9 Å². The maximum atomic E-state index is 12.2. The summed E-state index contributed by atoms with van der Waals surface area (Å²) in [6.07, 6.45) is 4.99. The van der Waals surface area contributed by atoms with Gasteiger partial charge < -0.3 is 15.0 Å². The van der Waals surface area contributed by atoms with Gasteiger partial charge in [0.05, 0.1) is 10.5 Å². The standard InChI is InChI=1S/C19H27N3O5/c1-3-14(2)20-18(23)13-27-19(24)15-8-9-16(17(12-15)22(25)26)21-10-6-4-5-7-11-21/h8-9,12,14H,3-7,10-11,13H2,1-2H3,(H,20,23)/t14-/m0/s1. The summed E-state index contributed by atoms with van der Waals surface area (Å²) in [6.45, 7) is 4.90. The van der Waals surface area contributed by atoms with Gasteiger partial charge in [0.25, 0.3) is 11.6 Å². The van der Waals surface area contributed by atoms with E-state index < -0.39 is 23.4 Å². The molecule has 8 nitrogen and oxygen atoms in total. The Bertz CT molecular complexity index is 684. The van der Waals surface area contributed by atoms with E-state index in [1.54, 1.807) is 6.07 Å². The zero-order chi connectivity index (χ0) is 19.8. The third kappa shape index (κ3) is 5.94. The first kappa shape index (κ1) is 20.7. The van der Waals surface area contributed by atoms with Crippen LogP contribution in [-0.4, -0.2) is 42.5 Å². The molecule has 2 rings (SSSR count). The molecule has 0 aliphatic carbocycles. The maximum absolute atomic E-state index is 12.2. The van der Waals surface area contributed by atoms with E-state index in [0.717, 1.165) is 45.2 Å². The lowest BCUT2D eigenvalue weighted by molar-refractivity contribution is -0.384. The van der Waals surface area contributed by atoms with E-state index in [9.17, 15) is 19.7 Å². The highest BCUT2D eigenvalue weighted by atomic mass is 16.6. The summed E-state index contributed by atoms with van der Waals surface area (Å²) in [6, 6.07) is 4.33. The van der Waals surface area contributed by atoms with Gasteiger partial charge in [-0.05, 0) is 38.3 Å². The molecule has 0 unspecified atom stereocenters. The molecule has 1 aliphatic heterocycles. The van der Waals surface area contributed by atoms with Crippen molar-refractivity contribution in [2.24, 2.45) is 0 Å². The van der Waals surface area contributed by atoms with Gasteiger partial charge >= 0.3 is 5.97 Å². The second kappa shape index (κ2) is 9.89. The summed E-state index contributed by atoms with van der Waals surface area (Å²) in [5.41, 5.74) is 0.472. The number of anilines is 1. The Morgan fingerprint density at radius 2 is 1.93 bits per heavy atom. The number of carbonyl (C=O) groups excluding carboxylic acids is 2. The van der Waals surface area contributed by atoms with Crippen LogP contribution in [0.4, 0.5) is 11.4 Å². The first-order valence-corrected chi connectivity index (χ1v) is 9.42. The van der Waals surface area contributed by atoms with Crippen molar-refractivity contribution in [3.63, 3.8) is 0 Å². The number of nitro benzene ring substituents is 1. The van der Waals surface area contributed by atoms with E-state index in [2.05, 4.69) is 5.32 Å². The minimum Gasteiger partial charge on any atom is -0.452 e. The maximum Gasteiger partial charge on any atom is 0.338 e. The summed E-state index contributed by atoms with van der Waals surface area (Å²) in [5.74, 6) is -1.15. The fraction of sp³-hybridized carbons (Fsp3) is 0.579. The number of carbonyl (C=O) groups is 2. The van der Waals surface area contributed by atoms with E-state index >= 15 is 0 Å². The lowest BCUT2D eigenvalue weighted by atomic mass is 10.1. The van der Waals surface area contributed by atoms with Crippen molar-refractivity contribution in [3.8, 4) is 0 Å². The summed E-state index contributed by atoms with van der Waals surface area (Å²) < 4.78 is 4.99. The Morgan fingerprint density at radius 1 is 1.26 bits per heavy atom. The van der Waals surface area contributed by atoms with Crippen LogP contribution in [0.1, 0.15) is 56.3 Å². The molecule has 1 saturated heterocycles. The van der Waals surface area contributed by atoms with Crippen LogP contribution >= 0.6 is 0 Å². The number of hydrogen-bond acceptors (Lipinski definition) is 6. The number of ether oxygens (including phenoxy) is 1. The number of nitro groups is 1. The number of nitrogens with one attached hydrogen (secondary N) is 1. The van der Waals surface area contributed by atoms with Crippen molar-refractivity contribution in [3.05, 3.63) is 33.9 Å². The molecule has 0 spiro atoms. The molecule has 1 amide bonds. The molecule has 27 heavy (non-hydrogen) atoms. The number of amides is 1. The third-order valence-electron chi connectivity index (χ3n) is 4.71. The molecule has 1 aliphatic rings. The van der Waals surface area contributed by atoms with E-state index in [4.69, 9.17) is 4.74 Å². The van der Waals surface area contributed by atoms with Crippen molar-refractivity contribution >= 4 is 23.3 Å². The average Bonchev–Trinajstić information content (AvgIpc) is 2.94. The van der Waals surface area contributed by atoms with Crippen LogP contribution in [0, 0.1) is 10.1 Å². The zero-order valence-electron chi connectivity index (χ0n) is 15.9. The summed E-state index contributed by atoms with van der Waals surface area (Å²) in [4.78, 5) is 36.9. The molecule has 1 atom stereocenters. The molecule has 1 N–H and O–H groups in total. The van der Waals surface area contributed by atoms with Gasteiger partial charge in [-0.15, -0.1) is 0 Å². The fourth-order valence-electron chi connectivity index (χ4n) is 3.01. The van der Waals surface area contributed by atoms with Gasteiger partial charge in [0, 0.05) is 25.2 Å². The molecular formula is C19H27N3O5. The molecule has 0 saturated carbocycles. The Kier molecular flexibility index (Phi) is 7.57. The molecule has 1 heterocycles. The van der Waals surface area contributed by atoms with Crippen molar-refractivity contribution in [2.75, 3.05) is 24.6 Å². The molecule has 0 radical (unpaired) electrons. The Balaban J connectivity index is 2.09. The number of rotatable bonds is 7. The normalized spacial score (nSPS) is 15.6. The predicted molar refractivity (Wildman–Crippen MR) is 102 cm³/mol. The highest BCUT2D eigenvalue weighted by molar-refractivity contribution is 5.93. The first-order valence-electron chi connectivity index (χ1n) is 9.42. The predicted octanol–water partition coefficient (Wildman–Crippen LogP) is 3.05. The van der Waals surface area contributed by atoms with Crippen LogP contribution in [0.25, 0.3) is 0 Å². The molecule has 0 bridgehead atoms. The third-order valence-corrected chi connectivity index (χ3v) is 4.71. The lowest BCUT2D eigenvalue weighted by Crippen LogP contribution is -2.35. The fourth-order valence-corrected chi connectivity index (χ4v) is 3.01. The quantitative estimate of drug-likeness (QED) is 0.445. The van der Waals surface area contributed by atoms with E-state index in [1.165, 1.54) is 12.1 Å². The first-order chi connectivity index (χ1) is 12.9. The smallest absolute Gasteiger partial charge is 0.338 e. The highest BCUT2D eigenvalue weighted by Crippen LogP contribution is 2.31. The van der Waals surface area contributed by atoms with Crippen molar-refractivity contribution in [2.45, 2.75) is 52.0 Å². The average molecular weight is 377 g/mol. The number of hydrogen-bond donors (Lipinski definition) is 1. The Hall–Kier alpha value is -2.64. The summed E-state index contributed by atoms with van der Waals surface area (Å²) in [5, 5.41) is 14.2. The monoisotopic (exact) mass is 377 g/mol. The van der Waals surface area contributed by atoms with Gasteiger partial charge in [-0.25, -0.2) is 4.79 Å². The lowest BCUT2D eigenvalue weighted by Gasteiger charge is -2.22. The van der Waals surface area contributed by atoms with Gasteiger partial charge in [-0.2, -0.15) is 0 Å². The van der Waals surface area contributed by atoms with Crippen LogP contribution in [-0.2, 0) is 9.53 Å². The highest BCUT2D eigenvalue weighted by Gasteiger charge is 2.23. The van der Waals surface area contributed by atoms with Crippen LogP contribution in [0.5, 0.6) is 0 Å². The number of nitrogens with zero attached hydrogens (tertiary/aromatic N) is 2. The SMILES string of the molecule is CC[C@H](C)NC(=O)COC(=O)c1ccc(N2CCCCCC2)c([N+](=O)[O-])c1. The van der Waals surface area contributed by atoms with Crippen LogP contribution in [0.15, 0.2) is 18.2 Å². The van der Waals surface area contributed by atoms with Crippen LogP contribution in [0.3, 0.4) is 0 Å². The van der Waals surface area contributed by atoms with Crippen molar-refractivity contribution in [1.82, 2.24) is 5.32 Å². The van der Waals surface area contributed by atoms with Crippen LogP contribution in [0.2, 0.25) is 0 Å². The molecule has 8 heteroatoms. The van der Waals surface area contributed by atoms with Gasteiger partial charge in [0.15, 0.2) is 6.61 Å². The molecular weight excluding hydrogens is 350 g/mol. The summed E-state index contributed by atoms with van der Waals surface area (Å²) >= 11 is 0. The molecule has 0 aromatic heterocycles. The number of esters is 1. The minimum atomic E-state index is -0.750. The van der Waals surface area contributed by atoms with E-state index in [-0.39, 0.29) is 17.3 Å². The Labute approximate surface area is 159 Å². The Morgan fingerprint density at radius 3 is 2.52 bits per heavy atom. The van der Waals surface area contributed by atoms with Crippen LogP contribution < -0.4 is 10.2 Å². The van der Waals surface area contributed by atoms with Crippen molar-refractivity contribution in [1.29, 1.82) is 0 Å². The molecule has 148 valence electrons. The second-order valence-electron chi connectivity index (χ2n) is 6.81. The zero-order valence-corrected chi connectivity index (χ0v) is 15.9. The summed E-state index contributed by atoms with van der Waals surface area (Å²) in [7, 11) is 0. The van der Waals surface area contributed by atoms with E-state index in [1.807, 2.05) is 18.7 Å². The second-order valence-corrected chi connectivity index (χ2v) is 6.81. The van der Waals surface area contributed by atoms with Gasteiger partial charge in [0.1, 0.15) is 5.69 Å². The molecule has 1 fully saturated rings. The molecule has 1 aromatic rings. The molecule has 1 aromatic carbocycles. The largest absolute Gasteiger partial charge is 0.452 e. The number of benzene rings is 1. The minimum absolute atomic E-state index is 0.00908.